The Hall–Kier alpha value is -2.80. The summed E-state index contributed by atoms with van der Waals surface area (Å²) in [6.07, 6.45) is 3.01. The number of likely N-dealkylation sites (N-methyl/N-ethyl adjacent to an activating group) is 2. The molecule has 0 saturated heterocycles. The molecular formula is C30H50Cl2N6O6. The van der Waals surface area contributed by atoms with Crippen LogP contribution in [0.25, 0.3) is 0 Å². The highest BCUT2D eigenvalue weighted by Gasteiger charge is 2.29. The van der Waals surface area contributed by atoms with Crippen LogP contribution >= 0.6 is 0 Å². The van der Waals surface area contributed by atoms with Crippen molar-refractivity contribution in [3.05, 3.63) is 47.9 Å². The van der Waals surface area contributed by atoms with E-state index in [2.05, 4.69) is 61.2 Å². The molecule has 0 aromatic carbocycles. The second-order valence-corrected chi connectivity index (χ2v) is 10.9. The van der Waals surface area contributed by atoms with Gasteiger partial charge in [0.1, 0.15) is 26.3 Å². The first-order valence-electron chi connectivity index (χ1n) is 15.0. The molecule has 2 aromatic rings. The monoisotopic (exact) mass is 660 g/mol. The minimum atomic E-state index is -0.370. The Kier molecular flexibility index (Phi) is 19.0. The minimum absolute atomic E-state index is 0. The molecule has 0 aliphatic heterocycles. The van der Waals surface area contributed by atoms with Gasteiger partial charge in [0.25, 0.3) is 11.8 Å². The van der Waals surface area contributed by atoms with Gasteiger partial charge in [-0.2, -0.15) is 0 Å². The molecule has 0 radical (unpaired) electrons. The van der Waals surface area contributed by atoms with Crippen LogP contribution in [0.4, 0.5) is 0 Å². The fourth-order valence-corrected chi connectivity index (χ4v) is 4.63. The van der Waals surface area contributed by atoms with Crippen LogP contribution in [-0.4, -0.2) is 93.8 Å². The molecule has 12 nitrogen and oxygen atoms in total. The van der Waals surface area contributed by atoms with Crippen LogP contribution in [0.3, 0.4) is 0 Å². The van der Waals surface area contributed by atoms with Gasteiger partial charge in [0.05, 0.1) is 26.2 Å². The molecule has 0 spiro atoms. The summed E-state index contributed by atoms with van der Waals surface area (Å²) in [6, 6.07) is 0. The van der Waals surface area contributed by atoms with Crippen molar-refractivity contribution < 1.29 is 61.7 Å². The van der Waals surface area contributed by atoms with Gasteiger partial charge in [-0.25, -0.2) is 9.59 Å². The Morgan fingerprint density at radius 3 is 1.25 bits per heavy atom. The number of aryl methyl sites for hydroxylation is 2. The Bertz CT molecular complexity index is 1090. The molecule has 0 fully saturated rings. The maximum absolute atomic E-state index is 11.7. The zero-order valence-corrected chi connectivity index (χ0v) is 28.7. The van der Waals surface area contributed by atoms with E-state index in [1.807, 2.05) is 0 Å². The second kappa shape index (κ2) is 20.3. The normalized spacial score (nSPS) is 11.3. The molecular weight excluding hydrogens is 611 g/mol. The van der Waals surface area contributed by atoms with Crippen molar-refractivity contribution in [2.45, 2.75) is 80.3 Å². The molecule has 2 aromatic heterocycles. The first-order valence-corrected chi connectivity index (χ1v) is 15.0. The topological polar surface area (TPSA) is 130 Å². The standard InChI is InChI=1S/C30H50N6O6.2ClH/c1-9-35(10-2,17-19-39-29(37)23(5)6)21-27-33-31-25(41-27)15-13-14-16-26-32-34-28(42-26)22-36(11-3,12-4)18-20-40-30(38)24(7)8;;/h5,7,9-22H2,1-4,6,8H3;2*1H/q+2;;/p-2. The molecule has 0 bridgehead atoms. The van der Waals surface area contributed by atoms with Crippen LogP contribution in [0.15, 0.2) is 33.1 Å². The fraction of sp³-hybridized carbons (Fsp3) is 0.667. The van der Waals surface area contributed by atoms with Crippen LogP contribution in [0.2, 0.25) is 0 Å². The van der Waals surface area contributed by atoms with Crippen LogP contribution < -0.4 is 24.8 Å². The van der Waals surface area contributed by atoms with Crippen molar-refractivity contribution in [1.82, 2.24) is 20.4 Å². The van der Waals surface area contributed by atoms with Gasteiger partial charge < -0.3 is 52.1 Å². The van der Waals surface area contributed by atoms with E-state index in [4.69, 9.17) is 18.3 Å². The predicted octanol–water partition coefficient (Wildman–Crippen LogP) is -2.02. The van der Waals surface area contributed by atoms with E-state index in [-0.39, 0.29) is 36.8 Å². The average Bonchev–Trinajstić information content (AvgIpc) is 3.62. The Morgan fingerprint density at radius 2 is 0.955 bits per heavy atom. The molecule has 0 atom stereocenters. The van der Waals surface area contributed by atoms with Gasteiger partial charge in [-0.3, -0.25) is 0 Å². The summed E-state index contributed by atoms with van der Waals surface area (Å²) in [5, 5.41) is 17.0. The number of quaternary nitrogens is 2. The van der Waals surface area contributed by atoms with Crippen molar-refractivity contribution in [3.63, 3.8) is 0 Å². The summed E-state index contributed by atoms with van der Waals surface area (Å²) in [7, 11) is 0. The molecule has 0 unspecified atom stereocenters. The van der Waals surface area contributed by atoms with Gasteiger partial charge in [0.15, 0.2) is 13.1 Å². The third-order valence-corrected chi connectivity index (χ3v) is 7.97. The number of unbranched alkanes of at least 4 members (excludes halogenated alkanes) is 1. The first-order chi connectivity index (χ1) is 20.0. The molecule has 0 aliphatic rings. The lowest BCUT2D eigenvalue weighted by atomic mass is 10.2. The number of rotatable bonds is 21. The quantitative estimate of drug-likeness (QED) is 0.0640. The lowest BCUT2D eigenvalue weighted by molar-refractivity contribution is -0.939. The number of esters is 2. The number of carbonyl (C=O) groups is 2. The number of aromatic nitrogens is 4. The highest BCUT2D eigenvalue weighted by atomic mass is 35.5. The summed E-state index contributed by atoms with van der Waals surface area (Å²) < 4.78 is 23.9. The van der Waals surface area contributed by atoms with Gasteiger partial charge in [-0.15, -0.1) is 20.4 Å². The van der Waals surface area contributed by atoms with Crippen LogP contribution in [0.1, 0.15) is 77.9 Å². The first kappa shape index (κ1) is 41.2. The van der Waals surface area contributed by atoms with Gasteiger partial charge in [-0.05, 0) is 54.4 Å². The largest absolute Gasteiger partial charge is 1.00 e. The molecule has 2 rings (SSSR count). The fourth-order valence-electron chi connectivity index (χ4n) is 4.63. The number of hydrogen-bond donors (Lipinski definition) is 0. The third kappa shape index (κ3) is 13.1. The lowest BCUT2D eigenvalue weighted by Crippen LogP contribution is -3.00. The second-order valence-electron chi connectivity index (χ2n) is 10.9. The maximum Gasteiger partial charge on any atom is 0.333 e. The number of carbonyl (C=O) groups excluding carboxylic acids is 2. The number of halogens is 2. The molecule has 0 N–H and O–H groups in total. The number of hydrogen-bond acceptors (Lipinski definition) is 10. The van der Waals surface area contributed by atoms with Crippen molar-refractivity contribution >= 4 is 11.9 Å². The average molecular weight is 662 g/mol. The van der Waals surface area contributed by atoms with Crippen LogP contribution in [0.5, 0.6) is 0 Å². The maximum atomic E-state index is 11.7. The van der Waals surface area contributed by atoms with Gasteiger partial charge in [0.2, 0.25) is 11.8 Å². The van der Waals surface area contributed by atoms with Gasteiger partial charge in [0, 0.05) is 24.0 Å². The summed E-state index contributed by atoms with van der Waals surface area (Å²) >= 11 is 0. The van der Waals surface area contributed by atoms with E-state index in [9.17, 15) is 9.59 Å². The lowest BCUT2D eigenvalue weighted by Gasteiger charge is -2.35. The van der Waals surface area contributed by atoms with Crippen LogP contribution in [-0.2, 0) is 45.0 Å². The molecule has 0 saturated carbocycles. The Balaban J connectivity index is 0.00000924. The summed E-state index contributed by atoms with van der Waals surface area (Å²) in [5.74, 6) is 1.65. The van der Waals surface area contributed by atoms with E-state index >= 15 is 0 Å². The SMILES string of the molecule is C=C(C)C(=O)OCC[N+](CC)(CC)Cc1nnc(CCCCc2nnc(C[N+](CC)(CC)CCOC(=O)C(=C)C)o2)o1.[Cl-].[Cl-]. The zero-order chi connectivity index (χ0) is 31.2. The summed E-state index contributed by atoms with van der Waals surface area (Å²) in [4.78, 5) is 23.5. The van der Waals surface area contributed by atoms with E-state index in [1.54, 1.807) is 13.8 Å². The predicted molar refractivity (Wildman–Crippen MR) is 157 cm³/mol. The molecule has 2 heterocycles. The van der Waals surface area contributed by atoms with Gasteiger partial charge in [-0.1, -0.05) is 13.2 Å². The van der Waals surface area contributed by atoms with Crippen molar-refractivity contribution in [2.75, 3.05) is 52.5 Å². The molecule has 250 valence electrons. The van der Waals surface area contributed by atoms with E-state index < -0.39 is 0 Å². The van der Waals surface area contributed by atoms with Crippen LogP contribution in [0, 0.1) is 0 Å². The molecule has 14 heteroatoms. The molecule has 44 heavy (non-hydrogen) atoms. The Morgan fingerprint density at radius 1 is 0.636 bits per heavy atom. The van der Waals surface area contributed by atoms with E-state index in [1.165, 1.54) is 0 Å². The van der Waals surface area contributed by atoms with Gasteiger partial charge >= 0.3 is 11.9 Å². The van der Waals surface area contributed by atoms with Crippen molar-refractivity contribution in [3.8, 4) is 0 Å². The highest BCUT2D eigenvalue weighted by molar-refractivity contribution is 5.87. The summed E-state index contributed by atoms with van der Waals surface area (Å²) in [6.45, 7) is 25.5. The number of ether oxygens (including phenoxy) is 2. The third-order valence-electron chi connectivity index (χ3n) is 7.97. The minimum Gasteiger partial charge on any atom is -1.00 e. The highest BCUT2D eigenvalue weighted by Crippen LogP contribution is 2.17. The Labute approximate surface area is 274 Å². The molecule has 0 amide bonds. The van der Waals surface area contributed by atoms with E-state index in [0.29, 0.717) is 95.9 Å². The smallest absolute Gasteiger partial charge is 0.333 e. The number of nitrogens with zero attached hydrogens (tertiary/aromatic N) is 6. The van der Waals surface area contributed by atoms with Crippen molar-refractivity contribution in [1.29, 1.82) is 0 Å². The van der Waals surface area contributed by atoms with Crippen molar-refractivity contribution in [2.24, 2.45) is 0 Å². The van der Waals surface area contributed by atoms with E-state index in [0.717, 1.165) is 39.0 Å². The molecule has 0 aliphatic carbocycles. The zero-order valence-electron chi connectivity index (χ0n) is 27.2. The summed E-state index contributed by atoms with van der Waals surface area (Å²) in [5.41, 5.74) is 0.791.